The molecule has 118 valence electrons. The Morgan fingerprint density at radius 3 is 2.64 bits per heavy atom. The number of hydrogen-bond acceptors (Lipinski definition) is 3. The van der Waals surface area contributed by atoms with Crippen molar-refractivity contribution in [3.05, 3.63) is 44.4 Å². The van der Waals surface area contributed by atoms with Crippen LogP contribution in [0.25, 0.3) is 0 Å². The number of benzene rings is 1. The lowest BCUT2D eigenvalue weighted by Gasteiger charge is -2.09. The number of imidazole rings is 1. The molecular formula is C13H11Cl4N3O2. The van der Waals surface area contributed by atoms with Crippen molar-refractivity contribution in [1.29, 1.82) is 0 Å². The van der Waals surface area contributed by atoms with Gasteiger partial charge in [0.15, 0.2) is 5.15 Å². The Morgan fingerprint density at radius 2 is 2.00 bits per heavy atom. The Bertz CT molecular complexity index is 703. The minimum atomic E-state index is -0.494. The van der Waals surface area contributed by atoms with Crippen molar-refractivity contribution >= 4 is 58.0 Å². The summed E-state index contributed by atoms with van der Waals surface area (Å²) in [6, 6.07) is 4.72. The molecule has 0 unspecified atom stereocenters. The topological polar surface area (TPSA) is 56.1 Å². The summed E-state index contributed by atoms with van der Waals surface area (Å²) in [4.78, 5) is 16.3. The van der Waals surface area contributed by atoms with E-state index in [1.54, 1.807) is 12.1 Å². The number of nitrogens with zero attached hydrogens (tertiary/aromatic N) is 2. The number of halogens is 4. The molecule has 0 saturated heterocycles. The molecule has 0 aliphatic rings. The molecule has 0 atom stereocenters. The minimum absolute atomic E-state index is 0.0284. The number of aromatic nitrogens is 2. The molecule has 0 spiro atoms. The molecule has 0 radical (unpaired) electrons. The van der Waals surface area contributed by atoms with Crippen LogP contribution < -0.4 is 5.32 Å². The van der Waals surface area contributed by atoms with Crippen LogP contribution in [-0.2, 0) is 11.5 Å². The van der Waals surface area contributed by atoms with Gasteiger partial charge in [0.1, 0.15) is 11.9 Å². The van der Waals surface area contributed by atoms with Gasteiger partial charge in [-0.15, -0.1) is 0 Å². The highest BCUT2D eigenvalue weighted by atomic mass is 35.5. The largest absolute Gasteiger partial charge is 0.361 e. The van der Waals surface area contributed by atoms with Crippen LogP contribution in [0.3, 0.4) is 0 Å². The molecule has 1 amide bonds. The van der Waals surface area contributed by atoms with Gasteiger partial charge in [0.05, 0.1) is 10.0 Å². The number of rotatable bonds is 5. The van der Waals surface area contributed by atoms with Gasteiger partial charge in [-0.3, -0.25) is 9.36 Å². The molecule has 0 fully saturated rings. The van der Waals surface area contributed by atoms with Crippen molar-refractivity contribution in [2.75, 3.05) is 11.9 Å². The van der Waals surface area contributed by atoms with Crippen molar-refractivity contribution in [2.45, 2.75) is 13.7 Å². The molecular weight excluding hydrogens is 372 g/mol. The molecule has 0 saturated carbocycles. The molecule has 0 bridgehead atoms. The highest BCUT2D eigenvalue weighted by molar-refractivity contribution is 6.42. The summed E-state index contributed by atoms with van der Waals surface area (Å²) < 4.78 is 6.63. The fourth-order valence-corrected chi connectivity index (χ4v) is 2.29. The molecule has 9 heteroatoms. The number of carbonyl (C=O) groups is 1. The number of anilines is 1. The van der Waals surface area contributed by atoms with Crippen LogP contribution in [0.2, 0.25) is 20.4 Å². The maximum absolute atomic E-state index is 12.3. The standard InChI is InChI=1S/C13H11Cl4N3O2/c1-2-22-6-20-11(17)10(16)19-12(20)13(21)18-7-3-4-8(14)9(15)5-7/h3-5H,2,6H2,1H3,(H,18,21). The summed E-state index contributed by atoms with van der Waals surface area (Å²) >= 11 is 23.6. The summed E-state index contributed by atoms with van der Waals surface area (Å²) in [7, 11) is 0. The van der Waals surface area contributed by atoms with Gasteiger partial charge < -0.3 is 10.1 Å². The predicted octanol–water partition coefficient (Wildman–Crippen LogP) is 4.74. The van der Waals surface area contributed by atoms with Crippen LogP contribution in [0, 0.1) is 0 Å². The van der Waals surface area contributed by atoms with Crippen LogP contribution >= 0.6 is 46.4 Å². The average molecular weight is 383 g/mol. The summed E-state index contributed by atoms with van der Waals surface area (Å²) in [6.45, 7) is 2.35. The third-order valence-electron chi connectivity index (χ3n) is 2.67. The summed E-state index contributed by atoms with van der Waals surface area (Å²) in [6.07, 6.45) is 0. The van der Waals surface area contributed by atoms with Crippen LogP contribution in [-0.4, -0.2) is 22.1 Å². The zero-order valence-electron chi connectivity index (χ0n) is 11.4. The van der Waals surface area contributed by atoms with Gasteiger partial charge in [0.25, 0.3) is 5.91 Å². The van der Waals surface area contributed by atoms with Crippen molar-refractivity contribution < 1.29 is 9.53 Å². The minimum Gasteiger partial charge on any atom is -0.361 e. The third-order valence-corrected chi connectivity index (χ3v) is 4.15. The highest BCUT2D eigenvalue weighted by Gasteiger charge is 2.20. The molecule has 2 rings (SSSR count). The quantitative estimate of drug-likeness (QED) is 0.812. The molecule has 0 aliphatic heterocycles. The van der Waals surface area contributed by atoms with Crippen LogP contribution in [0.5, 0.6) is 0 Å². The van der Waals surface area contributed by atoms with E-state index in [-0.39, 0.29) is 22.9 Å². The smallest absolute Gasteiger partial charge is 0.291 e. The monoisotopic (exact) mass is 381 g/mol. The number of amides is 1. The summed E-state index contributed by atoms with van der Waals surface area (Å²) in [5.74, 6) is -0.457. The van der Waals surface area contributed by atoms with Crippen LogP contribution in [0.1, 0.15) is 17.5 Å². The first-order chi connectivity index (χ1) is 10.4. The maximum atomic E-state index is 12.3. The molecule has 1 aromatic heterocycles. The third kappa shape index (κ3) is 3.86. The zero-order valence-corrected chi connectivity index (χ0v) is 14.4. The Balaban J connectivity index is 2.25. The SMILES string of the molecule is CCOCn1c(C(=O)Nc2ccc(Cl)c(Cl)c2)nc(Cl)c1Cl. The molecule has 22 heavy (non-hydrogen) atoms. The molecule has 0 aliphatic carbocycles. The van der Waals surface area contributed by atoms with Gasteiger partial charge in [0, 0.05) is 12.3 Å². The lowest BCUT2D eigenvalue weighted by atomic mass is 10.3. The Kier molecular flexibility index (Phi) is 5.94. The number of carbonyl (C=O) groups excluding carboxylic acids is 1. The fraction of sp³-hybridized carbons (Fsp3) is 0.231. The molecule has 1 heterocycles. The summed E-state index contributed by atoms with van der Waals surface area (Å²) in [5.41, 5.74) is 0.470. The lowest BCUT2D eigenvalue weighted by molar-refractivity contribution is 0.0815. The Morgan fingerprint density at radius 1 is 1.27 bits per heavy atom. The first kappa shape index (κ1) is 17.4. The van der Waals surface area contributed by atoms with E-state index >= 15 is 0 Å². The number of hydrogen-bond donors (Lipinski definition) is 1. The normalized spacial score (nSPS) is 10.8. The maximum Gasteiger partial charge on any atom is 0.291 e. The zero-order chi connectivity index (χ0) is 16.3. The van der Waals surface area contributed by atoms with Gasteiger partial charge in [-0.2, -0.15) is 0 Å². The second-order valence-electron chi connectivity index (χ2n) is 4.15. The van der Waals surface area contributed by atoms with Crippen LogP contribution in [0.4, 0.5) is 5.69 Å². The van der Waals surface area contributed by atoms with Gasteiger partial charge >= 0.3 is 0 Å². The Labute approximate surface area is 147 Å². The molecule has 1 aromatic carbocycles. The molecule has 1 N–H and O–H groups in total. The highest BCUT2D eigenvalue weighted by Crippen LogP contribution is 2.26. The average Bonchev–Trinajstić information content (AvgIpc) is 2.76. The van der Waals surface area contributed by atoms with Gasteiger partial charge in [-0.05, 0) is 25.1 Å². The van der Waals surface area contributed by atoms with Crippen molar-refractivity contribution in [3.8, 4) is 0 Å². The lowest BCUT2D eigenvalue weighted by Crippen LogP contribution is -2.19. The number of nitrogens with one attached hydrogen (secondary N) is 1. The van der Waals surface area contributed by atoms with Gasteiger partial charge in [0.2, 0.25) is 5.82 Å². The van der Waals surface area contributed by atoms with E-state index < -0.39 is 5.91 Å². The van der Waals surface area contributed by atoms with E-state index in [0.29, 0.717) is 22.3 Å². The number of ether oxygens (including phenoxy) is 1. The first-order valence-electron chi connectivity index (χ1n) is 6.19. The van der Waals surface area contributed by atoms with E-state index in [2.05, 4.69) is 10.3 Å². The Hall–Kier alpha value is -0.980. The predicted molar refractivity (Wildman–Crippen MR) is 88.3 cm³/mol. The van der Waals surface area contributed by atoms with Crippen molar-refractivity contribution in [3.63, 3.8) is 0 Å². The second-order valence-corrected chi connectivity index (χ2v) is 5.68. The second kappa shape index (κ2) is 7.53. The first-order valence-corrected chi connectivity index (χ1v) is 7.71. The fourth-order valence-electron chi connectivity index (χ4n) is 1.64. The van der Waals surface area contributed by atoms with Crippen molar-refractivity contribution in [1.82, 2.24) is 9.55 Å². The van der Waals surface area contributed by atoms with E-state index in [9.17, 15) is 4.79 Å². The molecule has 5 nitrogen and oxygen atoms in total. The summed E-state index contributed by atoms with van der Waals surface area (Å²) in [5, 5.41) is 3.53. The van der Waals surface area contributed by atoms with E-state index in [1.807, 2.05) is 6.92 Å². The van der Waals surface area contributed by atoms with Crippen LogP contribution in [0.15, 0.2) is 18.2 Å². The van der Waals surface area contributed by atoms with Crippen molar-refractivity contribution in [2.24, 2.45) is 0 Å². The van der Waals surface area contributed by atoms with E-state index in [4.69, 9.17) is 51.1 Å². The van der Waals surface area contributed by atoms with Gasteiger partial charge in [-0.25, -0.2) is 4.98 Å². The molecule has 2 aromatic rings. The van der Waals surface area contributed by atoms with E-state index in [1.165, 1.54) is 10.6 Å². The van der Waals surface area contributed by atoms with E-state index in [0.717, 1.165) is 0 Å². The van der Waals surface area contributed by atoms with Gasteiger partial charge in [-0.1, -0.05) is 46.4 Å².